The zero-order chi connectivity index (χ0) is 15.1. The first kappa shape index (κ1) is 16.9. The van der Waals surface area contributed by atoms with Crippen LogP contribution in [-0.4, -0.2) is 25.3 Å². The van der Waals surface area contributed by atoms with Gasteiger partial charge in [0.25, 0.3) is 0 Å². The number of halogens is 2. The lowest BCUT2D eigenvalue weighted by Crippen LogP contribution is -2.32. The molecule has 1 fully saturated rings. The van der Waals surface area contributed by atoms with Crippen molar-refractivity contribution >= 4 is 15.9 Å². The molecular formula is C17H25BrFNO. The van der Waals surface area contributed by atoms with Crippen molar-refractivity contribution in [2.75, 3.05) is 13.2 Å². The maximum Gasteiger partial charge on any atom is 0.137 e. The SMILES string of the molecule is CCNC(CCC1CCCCO1)Cc1ccc(F)c(Br)c1. The summed E-state index contributed by atoms with van der Waals surface area (Å²) in [7, 11) is 0. The average Bonchev–Trinajstić information content (AvgIpc) is 2.50. The predicted molar refractivity (Wildman–Crippen MR) is 88.1 cm³/mol. The van der Waals surface area contributed by atoms with Crippen LogP contribution >= 0.6 is 15.9 Å². The van der Waals surface area contributed by atoms with Crippen LogP contribution in [0.2, 0.25) is 0 Å². The molecule has 1 N–H and O–H groups in total. The molecule has 0 aliphatic carbocycles. The Morgan fingerprint density at radius 1 is 1.43 bits per heavy atom. The lowest BCUT2D eigenvalue weighted by Gasteiger charge is -2.25. The molecule has 0 spiro atoms. The van der Waals surface area contributed by atoms with Gasteiger partial charge in [0.05, 0.1) is 10.6 Å². The zero-order valence-electron chi connectivity index (χ0n) is 12.7. The van der Waals surface area contributed by atoms with Crippen molar-refractivity contribution in [2.45, 2.75) is 57.6 Å². The van der Waals surface area contributed by atoms with Gasteiger partial charge in [-0.3, -0.25) is 0 Å². The van der Waals surface area contributed by atoms with Crippen LogP contribution in [0.4, 0.5) is 4.39 Å². The van der Waals surface area contributed by atoms with Crippen molar-refractivity contribution in [3.63, 3.8) is 0 Å². The van der Waals surface area contributed by atoms with E-state index in [0.717, 1.165) is 32.4 Å². The second-order valence-corrected chi connectivity index (χ2v) is 6.63. The van der Waals surface area contributed by atoms with Gasteiger partial charge >= 0.3 is 0 Å². The van der Waals surface area contributed by atoms with Crippen LogP contribution in [0.5, 0.6) is 0 Å². The summed E-state index contributed by atoms with van der Waals surface area (Å²) in [5.41, 5.74) is 1.17. The van der Waals surface area contributed by atoms with Crippen LogP contribution in [0.1, 0.15) is 44.6 Å². The molecule has 0 aromatic heterocycles. The molecule has 0 amide bonds. The third-order valence-electron chi connectivity index (χ3n) is 4.07. The van der Waals surface area contributed by atoms with E-state index >= 15 is 0 Å². The Labute approximate surface area is 135 Å². The first-order valence-corrected chi connectivity index (χ1v) is 8.77. The van der Waals surface area contributed by atoms with E-state index in [-0.39, 0.29) is 5.82 Å². The lowest BCUT2D eigenvalue weighted by atomic mass is 9.97. The molecule has 1 saturated heterocycles. The predicted octanol–water partition coefficient (Wildman–Crippen LogP) is 4.46. The van der Waals surface area contributed by atoms with Crippen molar-refractivity contribution in [1.29, 1.82) is 0 Å². The third-order valence-corrected chi connectivity index (χ3v) is 4.68. The quantitative estimate of drug-likeness (QED) is 0.777. The van der Waals surface area contributed by atoms with Gasteiger partial charge < -0.3 is 10.1 Å². The number of ether oxygens (including phenoxy) is 1. The normalized spacial score (nSPS) is 20.4. The minimum absolute atomic E-state index is 0.200. The fourth-order valence-electron chi connectivity index (χ4n) is 2.94. The molecule has 118 valence electrons. The molecule has 1 aromatic carbocycles. The van der Waals surface area contributed by atoms with Gasteiger partial charge in [-0.2, -0.15) is 0 Å². The lowest BCUT2D eigenvalue weighted by molar-refractivity contribution is 0.00860. The highest BCUT2D eigenvalue weighted by Crippen LogP contribution is 2.21. The number of hydrogen-bond donors (Lipinski definition) is 1. The fourth-order valence-corrected chi connectivity index (χ4v) is 3.36. The van der Waals surface area contributed by atoms with Gasteiger partial charge in [-0.25, -0.2) is 4.39 Å². The van der Waals surface area contributed by atoms with Gasteiger partial charge in [-0.15, -0.1) is 0 Å². The van der Waals surface area contributed by atoms with E-state index in [1.165, 1.54) is 30.9 Å². The first-order valence-electron chi connectivity index (χ1n) is 7.98. The van der Waals surface area contributed by atoms with E-state index in [9.17, 15) is 4.39 Å². The molecule has 0 bridgehead atoms. The fraction of sp³-hybridized carbons (Fsp3) is 0.647. The van der Waals surface area contributed by atoms with Gasteiger partial charge in [-0.1, -0.05) is 13.0 Å². The Morgan fingerprint density at radius 2 is 2.29 bits per heavy atom. The third kappa shape index (κ3) is 5.68. The summed E-state index contributed by atoms with van der Waals surface area (Å²) in [5.74, 6) is -0.200. The summed E-state index contributed by atoms with van der Waals surface area (Å²) in [6.07, 6.45) is 7.27. The molecule has 1 aliphatic rings. The summed E-state index contributed by atoms with van der Waals surface area (Å²) in [6.45, 7) is 4.00. The van der Waals surface area contributed by atoms with Gasteiger partial charge in [-0.05, 0) is 78.7 Å². The Morgan fingerprint density at radius 3 is 2.95 bits per heavy atom. The molecule has 1 aromatic rings. The monoisotopic (exact) mass is 357 g/mol. The topological polar surface area (TPSA) is 21.3 Å². The molecule has 1 aliphatic heterocycles. The second kappa shape index (κ2) is 8.86. The van der Waals surface area contributed by atoms with Crippen LogP contribution in [0.15, 0.2) is 22.7 Å². The van der Waals surface area contributed by atoms with Gasteiger partial charge in [0.1, 0.15) is 5.82 Å². The van der Waals surface area contributed by atoms with Crippen molar-refractivity contribution < 1.29 is 9.13 Å². The Bertz CT molecular complexity index is 435. The first-order chi connectivity index (χ1) is 10.2. The number of hydrogen-bond acceptors (Lipinski definition) is 2. The number of nitrogens with one attached hydrogen (secondary N) is 1. The van der Waals surface area contributed by atoms with E-state index in [1.807, 2.05) is 12.1 Å². The van der Waals surface area contributed by atoms with Gasteiger partial charge in [0, 0.05) is 12.6 Å². The molecule has 2 unspecified atom stereocenters. The zero-order valence-corrected chi connectivity index (χ0v) is 14.3. The maximum absolute atomic E-state index is 13.3. The van der Waals surface area contributed by atoms with Crippen LogP contribution in [0.25, 0.3) is 0 Å². The number of rotatable bonds is 7. The van der Waals surface area contributed by atoms with Crippen molar-refractivity contribution in [2.24, 2.45) is 0 Å². The standard InChI is InChI=1S/C17H25BrFNO/c1-2-20-14(7-8-15-5-3-4-10-21-15)11-13-6-9-17(19)16(18)12-13/h6,9,12,14-15,20H,2-5,7-8,10-11H2,1H3. The van der Waals surface area contributed by atoms with Crippen LogP contribution < -0.4 is 5.32 Å². The molecule has 21 heavy (non-hydrogen) atoms. The molecule has 4 heteroatoms. The van der Waals surface area contributed by atoms with E-state index in [4.69, 9.17) is 4.74 Å². The summed E-state index contributed by atoms with van der Waals surface area (Å²) in [4.78, 5) is 0. The largest absolute Gasteiger partial charge is 0.378 e. The highest BCUT2D eigenvalue weighted by atomic mass is 79.9. The number of likely N-dealkylation sites (N-methyl/N-ethyl adjacent to an activating group) is 1. The molecule has 2 rings (SSSR count). The average molecular weight is 358 g/mol. The van der Waals surface area contributed by atoms with Crippen molar-refractivity contribution in [3.05, 3.63) is 34.1 Å². The summed E-state index contributed by atoms with van der Waals surface area (Å²) in [5, 5.41) is 3.54. The second-order valence-electron chi connectivity index (χ2n) is 5.77. The van der Waals surface area contributed by atoms with Crippen LogP contribution in [-0.2, 0) is 11.2 Å². The van der Waals surface area contributed by atoms with Crippen molar-refractivity contribution in [3.8, 4) is 0 Å². The Hall–Kier alpha value is -0.450. The summed E-state index contributed by atoms with van der Waals surface area (Å²) >= 11 is 3.26. The Balaban J connectivity index is 1.86. The van der Waals surface area contributed by atoms with Crippen LogP contribution in [0, 0.1) is 5.82 Å². The van der Waals surface area contributed by atoms with Gasteiger partial charge in [0.15, 0.2) is 0 Å². The highest BCUT2D eigenvalue weighted by Gasteiger charge is 2.17. The minimum Gasteiger partial charge on any atom is -0.378 e. The van der Waals surface area contributed by atoms with Crippen LogP contribution in [0.3, 0.4) is 0 Å². The van der Waals surface area contributed by atoms with Crippen molar-refractivity contribution in [1.82, 2.24) is 5.32 Å². The molecular weight excluding hydrogens is 333 g/mol. The Kier molecular flexibility index (Phi) is 7.14. The molecule has 0 radical (unpaired) electrons. The maximum atomic E-state index is 13.3. The highest BCUT2D eigenvalue weighted by molar-refractivity contribution is 9.10. The van der Waals surface area contributed by atoms with E-state index in [2.05, 4.69) is 28.2 Å². The molecule has 0 saturated carbocycles. The van der Waals surface area contributed by atoms with E-state index in [1.54, 1.807) is 0 Å². The molecule has 2 atom stereocenters. The van der Waals surface area contributed by atoms with E-state index in [0.29, 0.717) is 16.6 Å². The number of benzene rings is 1. The molecule has 1 heterocycles. The van der Waals surface area contributed by atoms with E-state index < -0.39 is 0 Å². The van der Waals surface area contributed by atoms with Gasteiger partial charge in [0.2, 0.25) is 0 Å². The minimum atomic E-state index is -0.200. The summed E-state index contributed by atoms with van der Waals surface area (Å²) in [6, 6.07) is 5.73. The molecule has 2 nitrogen and oxygen atoms in total. The summed E-state index contributed by atoms with van der Waals surface area (Å²) < 4.78 is 19.6. The smallest absolute Gasteiger partial charge is 0.137 e.